The number of carbonyl (C=O) groups excluding carboxylic acids is 2. The summed E-state index contributed by atoms with van der Waals surface area (Å²) in [6.07, 6.45) is 11.3. The van der Waals surface area contributed by atoms with E-state index in [0.717, 1.165) is 85.4 Å². The minimum Gasteiger partial charge on any atom is -0.489 e. The van der Waals surface area contributed by atoms with Crippen molar-refractivity contribution in [3.05, 3.63) is 83.4 Å². The maximum absolute atomic E-state index is 13.4. The van der Waals surface area contributed by atoms with E-state index in [9.17, 15) is 9.59 Å². The summed E-state index contributed by atoms with van der Waals surface area (Å²) in [5.41, 5.74) is 4.85. The van der Waals surface area contributed by atoms with Crippen molar-refractivity contribution in [3.63, 3.8) is 0 Å². The van der Waals surface area contributed by atoms with E-state index >= 15 is 0 Å². The molecule has 1 saturated heterocycles. The number of hydrogen-bond donors (Lipinski definition) is 1. The van der Waals surface area contributed by atoms with Crippen molar-refractivity contribution in [3.8, 4) is 5.75 Å². The molecule has 1 heterocycles. The van der Waals surface area contributed by atoms with Crippen LogP contribution in [0.2, 0.25) is 0 Å². The molecule has 3 aromatic rings. The molecule has 8 nitrogen and oxygen atoms in total. The fraction of sp³-hybridized carbons (Fsp3) is 0.459. The molecule has 0 bridgehead atoms. The number of nitrogens with zero attached hydrogens (tertiary/aromatic N) is 1. The summed E-state index contributed by atoms with van der Waals surface area (Å²) in [4.78, 5) is 33.5. The third kappa shape index (κ3) is 9.55. The van der Waals surface area contributed by atoms with E-state index in [1.807, 2.05) is 47.4 Å². The number of benzene rings is 3. The molecule has 1 aliphatic heterocycles. The van der Waals surface area contributed by atoms with Crippen LogP contribution in [0.4, 0.5) is 4.79 Å². The Balaban J connectivity index is 1.35. The highest BCUT2D eigenvalue weighted by Gasteiger charge is 2.27. The largest absolute Gasteiger partial charge is 0.489 e. The lowest BCUT2D eigenvalue weighted by Gasteiger charge is -2.34. The maximum Gasteiger partial charge on any atom is 0.410 e. The van der Waals surface area contributed by atoms with Gasteiger partial charge in [-0.05, 0) is 66.8 Å². The van der Waals surface area contributed by atoms with Gasteiger partial charge >= 0.3 is 6.09 Å². The van der Waals surface area contributed by atoms with E-state index in [4.69, 9.17) is 19.0 Å². The van der Waals surface area contributed by atoms with Gasteiger partial charge in [0.15, 0.2) is 6.29 Å². The number of ether oxygens (including phenoxy) is 3. The number of amides is 2. The first kappa shape index (κ1) is 32.5. The topological polar surface area (TPSA) is 86.3 Å². The normalized spacial score (nSPS) is 17.5. The van der Waals surface area contributed by atoms with Gasteiger partial charge in [-0.2, -0.15) is 0 Å². The van der Waals surface area contributed by atoms with Crippen LogP contribution in [-0.2, 0) is 14.3 Å². The first-order valence-corrected chi connectivity index (χ1v) is 16.5. The van der Waals surface area contributed by atoms with Crippen LogP contribution in [0.25, 0.3) is 16.8 Å². The van der Waals surface area contributed by atoms with E-state index in [1.54, 1.807) is 12.1 Å². The fourth-order valence-corrected chi connectivity index (χ4v) is 5.91. The summed E-state index contributed by atoms with van der Waals surface area (Å²) in [6, 6.07) is 21.7. The van der Waals surface area contributed by atoms with Gasteiger partial charge in [-0.25, -0.2) is 15.1 Å². The van der Waals surface area contributed by atoms with Crippen LogP contribution in [0.1, 0.15) is 87.1 Å². The summed E-state index contributed by atoms with van der Waals surface area (Å²) in [6.45, 7) is 3.85. The predicted octanol–water partition coefficient (Wildman–Crippen LogP) is 8.06. The van der Waals surface area contributed by atoms with Gasteiger partial charge in [0.25, 0.3) is 5.91 Å². The zero-order valence-corrected chi connectivity index (χ0v) is 26.4. The van der Waals surface area contributed by atoms with Crippen LogP contribution in [-0.4, -0.2) is 55.6 Å². The number of carbonyl (C=O) groups is 2. The van der Waals surface area contributed by atoms with Crippen LogP contribution >= 0.6 is 0 Å². The van der Waals surface area contributed by atoms with Gasteiger partial charge in [0, 0.05) is 36.6 Å². The van der Waals surface area contributed by atoms with Crippen LogP contribution in [0.3, 0.4) is 0 Å². The molecule has 1 aliphatic carbocycles. The second-order valence-corrected chi connectivity index (χ2v) is 11.9. The van der Waals surface area contributed by atoms with Crippen molar-refractivity contribution < 1.29 is 28.6 Å². The van der Waals surface area contributed by atoms with Gasteiger partial charge in [-0.1, -0.05) is 87.2 Å². The van der Waals surface area contributed by atoms with E-state index < -0.39 is 6.29 Å². The zero-order chi connectivity index (χ0) is 31.3. The fourth-order valence-electron chi connectivity index (χ4n) is 5.91. The average Bonchev–Trinajstić information content (AvgIpc) is 3.09. The molecule has 2 amide bonds. The Kier molecular flexibility index (Phi) is 12.3. The summed E-state index contributed by atoms with van der Waals surface area (Å²) in [5.74, 6) is 0.472. The molecule has 1 unspecified atom stereocenters. The van der Waals surface area contributed by atoms with Crippen molar-refractivity contribution in [2.75, 3.05) is 26.4 Å². The Morgan fingerprint density at radius 2 is 1.71 bits per heavy atom. The number of fused-ring (bicyclic) bond motifs is 1. The van der Waals surface area contributed by atoms with E-state index in [2.05, 4.69) is 30.6 Å². The standard InChI is InChI=1S/C37H46N2O6/c1-2-3-23-43-37(41)39(32-14-5-4-6-15-32)26-29(27-44-34-17-11-13-30-12-7-8-16-33(30)34)25-28-19-21-31(22-20-28)36(40)38-45-35-18-9-10-24-42-35/h7-8,11-13,16-17,19-22,25,32,35H,2-6,9-10,14-15,18,23-24,26-27H2,1H3,(H,38,40). The number of nitrogens with one attached hydrogen (secondary N) is 1. The van der Waals surface area contributed by atoms with Crippen LogP contribution in [0, 0.1) is 0 Å². The van der Waals surface area contributed by atoms with Crippen molar-refractivity contribution in [1.29, 1.82) is 0 Å². The highest BCUT2D eigenvalue weighted by molar-refractivity contribution is 5.93. The summed E-state index contributed by atoms with van der Waals surface area (Å²) >= 11 is 0. The van der Waals surface area contributed by atoms with Crippen molar-refractivity contribution in [1.82, 2.24) is 10.4 Å². The smallest absolute Gasteiger partial charge is 0.410 e. The molecule has 1 N–H and O–H groups in total. The lowest BCUT2D eigenvalue weighted by atomic mass is 9.94. The molecule has 0 spiro atoms. The molecule has 3 aromatic carbocycles. The Morgan fingerprint density at radius 1 is 0.933 bits per heavy atom. The molecule has 0 aromatic heterocycles. The first-order valence-electron chi connectivity index (χ1n) is 16.5. The Bertz CT molecular complexity index is 1400. The summed E-state index contributed by atoms with van der Waals surface area (Å²) in [5, 5.41) is 2.15. The first-order chi connectivity index (χ1) is 22.1. The lowest BCUT2D eigenvalue weighted by molar-refractivity contribution is -0.186. The Morgan fingerprint density at radius 3 is 2.49 bits per heavy atom. The number of hydroxylamine groups is 1. The summed E-state index contributed by atoms with van der Waals surface area (Å²) in [7, 11) is 0. The Hall–Kier alpha value is -3.88. The molecule has 2 aliphatic rings. The second-order valence-electron chi connectivity index (χ2n) is 11.9. The van der Waals surface area contributed by atoms with E-state index in [-0.39, 0.29) is 18.0 Å². The van der Waals surface area contributed by atoms with Crippen LogP contribution in [0.15, 0.2) is 72.3 Å². The third-order valence-electron chi connectivity index (χ3n) is 8.47. The molecule has 5 rings (SSSR count). The average molecular weight is 615 g/mol. The quantitative estimate of drug-likeness (QED) is 0.155. The van der Waals surface area contributed by atoms with E-state index in [0.29, 0.717) is 31.9 Å². The molecule has 45 heavy (non-hydrogen) atoms. The second kappa shape index (κ2) is 17.0. The highest BCUT2D eigenvalue weighted by Crippen LogP contribution is 2.28. The number of rotatable bonds is 13. The van der Waals surface area contributed by atoms with Gasteiger partial charge in [0.05, 0.1) is 6.61 Å². The van der Waals surface area contributed by atoms with Gasteiger partial charge in [0.2, 0.25) is 0 Å². The summed E-state index contributed by atoms with van der Waals surface area (Å²) < 4.78 is 17.7. The molecule has 1 atom stereocenters. The minimum absolute atomic E-state index is 0.132. The van der Waals surface area contributed by atoms with Crippen LogP contribution in [0.5, 0.6) is 5.75 Å². The molecule has 1 saturated carbocycles. The van der Waals surface area contributed by atoms with Crippen molar-refractivity contribution in [2.24, 2.45) is 0 Å². The van der Waals surface area contributed by atoms with Crippen molar-refractivity contribution in [2.45, 2.75) is 83.5 Å². The van der Waals surface area contributed by atoms with Gasteiger partial charge in [-0.3, -0.25) is 4.79 Å². The predicted molar refractivity (Wildman–Crippen MR) is 176 cm³/mol. The molecule has 2 fully saturated rings. The number of unbranched alkanes of at least 4 members (excludes halogenated alkanes) is 1. The minimum atomic E-state index is -0.407. The monoisotopic (exact) mass is 614 g/mol. The van der Waals surface area contributed by atoms with Crippen molar-refractivity contribution >= 4 is 28.8 Å². The maximum atomic E-state index is 13.4. The van der Waals surface area contributed by atoms with E-state index in [1.165, 1.54) is 6.42 Å². The third-order valence-corrected chi connectivity index (χ3v) is 8.47. The van der Waals surface area contributed by atoms with Gasteiger partial charge in [-0.15, -0.1) is 0 Å². The van der Waals surface area contributed by atoms with Gasteiger partial charge in [0.1, 0.15) is 12.4 Å². The molecule has 240 valence electrons. The molecule has 0 radical (unpaired) electrons. The lowest BCUT2D eigenvalue weighted by Crippen LogP contribution is -2.43. The number of hydrogen-bond acceptors (Lipinski definition) is 6. The SMILES string of the molecule is CCCCOC(=O)N(CC(=Cc1ccc(C(=O)NOC2CCCCO2)cc1)COc1cccc2ccccc12)C1CCCCC1. The van der Waals surface area contributed by atoms with Crippen LogP contribution < -0.4 is 10.2 Å². The molecular formula is C37H46N2O6. The van der Waals surface area contributed by atoms with Gasteiger partial charge < -0.3 is 19.1 Å². The molecular weight excluding hydrogens is 568 g/mol. The Labute approximate surface area is 266 Å². The highest BCUT2D eigenvalue weighted by atomic mass is 16.8. The molecule has 8 heteroatoms. The zero-order valence-electron chi connectivity index (χ0n) is 26.4.